The smallest absolute Gasteiger partial charge is 0.253 e. The van der Waals surface area contributed by atoms with Crippen LogP contribution in [0.4, 0.5) is 5.82 Å². The summed E-state index contributed by atoms with van der Waals surface area (Å²) in [7, 11) is 0. The molecule has 0 radical (unpaired) electrons. The van der Waals surface area contributed by atoms with Gasteiger partial charge in [0.1, 0.15) is 5.82 Å². The number of carbonyl (C=O) groups excluding carboxylic acids is 1. The first-order valence-electron chi connectivity index (χ1n) is 7.64. The molecule has 0 unspecified atom stereocenters. The number of nitrogen functional groups attached to an aromatic ring is 1. The van der Waals surface area contributed by atoms with E-state index in [1.807, 2.05) is 49.4 Å². The van der Waals surface area contributed by atoms with Gasteiger partial charge in [-0.05, 0) is 17.2 Å². The number of nitrogens with two attached hydrogens (primary N) is 1. The number of fused-ring (bicyclic) bond motifs is 1. The highest BCUT2D eigenvalue weighted by molar-refractivity contribution is 8.00. The number of aromatic amines is 1. The molecule has 0 saturated heterocycles. The summed E-state index contributed by atoms with van der Waals surface area (Å²) in [6.45, 7) is 1.94. The first-order chi connectivity index (χ1) is 11.6. The molecule has 0 aliphatic rings. The SMILES string of the molecule is CC[C@H](Sc1nc(N)cc(=O)[nH]1)C(=O)c1cccc2ccccc12. The van der Waals surface area contributed by atoms with Crippen LogP contribution in [-0.2, 0) is 0 Å². The highest BCUT2D eigenvalue weighted by atomic mass is 32.2. The van der Waals surface area contributed by atoms with Crippen LogP contribution in [0, 0.1) is 0 Å². The molecule has 0 spiro atoms. The zero-order valence-electron chi connectivity index (χ0n) is 13.2. The minimum atomic E-state index is -0.347. The first-order valence-corrected chi connectivity index (χ1v) is 8.52. The maximum absolute atomic E-state index is 13.0. The van der Waals surface area contributed by atoms with Crippen molar-refractivity contribution in [1.29, 1.82) is 0 Å². The number of anilines is 1. The average molecular weight is 339 g/mol. The Morgan fingerprint density at radius 1 is 1.25 bits per heavy atom. The molecule has 1 heterocycles. The summed E-state index contributed by atoms with van der Waals surface area (Å²) in [5.41, 5.74) is 5.97. The molecule has 1 atom stereocenters. The van der Waals surface area contributed by atoms with Crippen molar-refractivity contribution in [2.24, 2.45) is 0 Å². The molecule has 5 nitrogen and oxygen atoms in total. The van der Waals surface area contributed by atoms with Crippen LogP contribution < -0.4 is 11.3 Å². The van der Waals surface area contributed by atoms with Gasteiger partial charge in [-0.15, -0.1) is 0 Å². The largest absolute Gasteiger partial charge is 0.383 e. The van der Waals surface area contributed by atoms with Gasteiger partial charge in [-0.25, -0.2) is 4.98 Å². The predicted octanol–water partition coefficient (Wildman–Crippen LogP) is 3.26. The van der Waals surface area contributed by atoms with E-state index in [2.05, 4.69) is 9.97 Å². The topological polar surface area (TPSA) is 88.8 Å². The van der Waals surface area contributed by atoms with E-state index < -0.39 is 0 Å². The fraction of sp³-hybridized carbons (Fsp3) is 0.167. The van der Waals surface area contributed by atoms with Crippen molar-refractivity contribution < 1.29 is 4.79 Å². The number of nitrogens with one attached hydrogen (secondary N) is 1. The lowest BCUT2D eigenvalue weighted by Gasteiger charge is -2.14. The van der Waals surface area contributed by atoms with Gasteiger partial charge >= 0.3 is 0 Å². The summed E-state index contributed by atoms with van der Waals surface area (Å²) in [6, 6.07) is 14.7. The molecule has 0 aliphatic heterocycles. The molecule has 1 aromatic heterocycles. The van der Waals surface area contributed by atoms with Gasteiger partial charge in [0.2, 0.25) is 0 Å². The second kappa shape index (κ2) is 6.88. The summed E-state index contributed by atoms with van der Waals surface area (Å²) in [4.78, 5) is 31.2. The zero-order chi connectivity index (χ0) is 17.1. The lowest BCUT2D eigenvalue weighted by molar-refractivity contribution is 0.0989. The maximum Gasteiger partial charge on any atom is 0.253 e. The van der Waals surface area contributed by atoms with Crippen LogP contribution in [0.5, 0.6) is 0 Å². The second-order valence-electron chi connectivity index (χ2n) is 5.38. The Morgan fingerprint density at radius 2 is 2.00 bits per heavy atom. The molecule has 0 fully saturated rings. The number of carbonyl (C=O) groups is 1. The Balaban J connectivity index is 1.95. The van der Waals surface area contributed by atoms with Crippen LogP contribution >= 0.6 is 11.8 Å². The monoisotopic (exact) mass is 339 g/mol. The van der Waals surface area contributed by atoms with Gasteiger partial charge in [0.25, 0.3) is 5.56 Å². The number of hydrogen-bond donors (Lipinski definition) is 2. The number of rotatable bonds is 5. The minimum Gasteiger partial charge on any atom is -0.383 e. The number of nitrogens with zero attached hydrogens (tertiary/aromatic N) is 1. The van der Waals surface area contributed by atoms with E-state index in [1.54, 1.807) is 0 Å². The maximum atomic E-state index is 13.0. The van der Waals surface area contributed by atoms with Crippen LogP contribution in [0.3, 0.4) is 0 Å². The molecule has 24 heavy (non-hydrogen) atoms. The Labute approximate surface area is 143 Å². The van der Waals surface area contributed by atoms with Crippen LogP contribution in [0.2, 0.25) is 0 Å². The number of ketones is 1. The van der Waals surface area contributed by atoms with Crippen molar-refractivity contribution in [3.63, 3.8) is 0 Å². The van der Waals surface area contributed by atoms with Crippen LogP contribution in [0.1, 0.15) is 23.7 Å². The van der Waals surface area contributed by atoms with Gasteiger partial charge in [-0.2, -0.15) is 0 Å². The van der Waals surface area contributed by atoms with Crippen LogP contribution in [-0.4, -0.2) is 21.0 Å². The van der Waals surface area contributed by atoms with E-state index in [4.69, 9.17) is 5.73 Å². The van der Waals surface area contributed by atoms with Crippen LogP contribution in [0.15, 0.2) is 58.5 Å². The Morgan fingerprint density at radius 3 is 2.75 bits per heavy atom. The molecule has 3 rings (SSSR count). The molecule has 0 bridgehead atoms. The minimum absolute atomic E-state index is 0.0179. The molecule has 6 heteroatoms. The molecule has 2 aromatic carbocycles. The quantitative estimate of drug-likeness (QED) is 0.423. The van der Waals surface area contributed by atoms with Gasteiger partial charge in [-0.3, -0.25) is 9.59 Å². The number of Topliss-reactive ketones (excluding diaryl/α,β-unsaturated/α-hetero) is 1. The first kappa shape index (κ1) is 16.3. The third kappa shape index (κ3) is 3.33. The van der Waals surface area contributed by atoms with Crippen molar-refractivity contribution in [3.8, 4) is 0 Å². The van der Waals surface area contributed by atoms with Crippen molar-refractivity contribution >= 4 is 34.1 Å². The fourth-order valence-electron chi connectivity index (χ4n) is 2.58. The van der Waals surface area contributed by atoms with E-state index in [9.17, 15) is 9.59 Å². The van der Waals surface area contributed by atoms with Gasteiger partial charge in [0, 0.05) is 11.6 Å². The van der Waals surface area contributed by atoms with Crippen molar-refractivity contribution in [1.82, 2.24) is 9.97 Å². The third-order valence-electron chi connectivity index (χ3n) is 3.71. The Hall–Kier alpha value is -2.60. The van der Waals surface area contributed by atoms with E-state index in [-0.39, 0.29) is 22.4 Å². The average Bonchev–Trinajstić information content (AvgIpc) is 2.57. The molecule has 0 aliphatic carbocycles. The highest BCUT2D eigenvalue weighted by Crippen LogP contribution is 2.28. The molecule has 0 saturated carbocycles. The standard InChI is InChI=1S/C18H17N3O2S/c1-2-14(24-18-20-15(19)10-16(22)21-18)17(23)13-9-5-7-11-6-3-4-8-12(11)13/h3-10,14H,2H2,1H3,(H3,19,20,21,22)/t14-/m0/s1. The summed E-state index contributed by atoms with van der Waals surface area (Å²) in [5, 5.41) is 1.97. The number of H-pyrrole nitrogens is 1. The number of hydrogen-bond acceptors (Lipinski definition) is 5. The summed E-state index contributed by atoms with van der Waals surface area (Å²) in [6.07, 6.45) is 0.616. The molecular formula is C18H17N3O2S. The normalized spacial score (nSPS) is 12.2. The lowest BCUT2D eigenvalue weighted by Crippen LogP contribution is -2.19. The third-order valence-corrected chi connectivity index (χ3v) is 4.96. The molecule has 3 aromatic rings. The summed E-state index contributed by atoms with van der Waals surface area (Å²) >= 11 is 1.23. The van der Waals surface area contributed by atoms with E-state index in [1.165, 1.54) is 17.8 Å². The van der Waals surface area contributed by atoms with Crippen LogP contribution in [0.25, 0.3) is 10.8 Å². The molecule has 122 valence electrons. The zero-order valence-corrected chi connectivity index (χ0v) is 14.0. The van der Waals surface area contributed by atoms with Crippen molar-refractivity contribution in [3.05, 3.63) is 64.4 Å². The number of aromatic nitrogens is 2. The number of thioether (sulfide) groups is 1. The number of benzene rings is 2. The fourth-order valence-corrected chi connectivity index (χ4v) is 3.57. The summed E-state index contributed by atoms with van der Waals surface area (Å²) < 4.78 is 0. The molecule has 3 N–H and O–H groups in total. The Kier molecular flexibility index (Phi) is 4.66. The van der Waals surface area contributed by atoms with E-state index >= 15 is 0 Å². The van der Waals surface area contributed by atoms with Crippen molar-refractivity contribution in [2.45, 2.75) is 23.8 Å². The van der Waals surface area contributed by atoms with Gasteiger partial charge in [0.15, 0.2) is 10.9 Å². The molecular weight excluding hydrogens is 322 g/mol. The van der Waals surface area contributed by atoms with E-state index in [0.29, 0.717) is 17.1 Å². The Bertz CT molecular complexity index is 947. The predicted molar refractivity (Wildman–Crippen MR) is 97.5 cm³/mol. The van der Waals surface area contributed by atoms with E-state index in [0.717, 1.165) is 10.8 Å². The summed E-state index contributed by atoms with van der Waals surface area (Å²) in [5.74, 6) is 0.165. The lowest BCUT2D eigenvalue weighted by atomic mass is 9.99. The van der Waals surface area contributed by atoms with Gasteiger partial charge in [0.05, 0.1) is 5.25 Å². The molecule has 0 amide bonds. The second-order valence-corrected chi connectivity index (χ2v) is 6.57. The van der Waals surface area contributed by atoms with Gasteiger partial charge < -0.3 is 10.7 Å². The highest BCUT2D eigenvalue weighted by Gasteiger charge is 2.22. The van der Waals surface area contributed by atoms with Gasteiger partial charge in [-0.1, -0.05) is 61.2 Å². The van der Waals surface area contributed by atoms with Crippen molar-refractivity contribution in [2.75, 3.05) is 5.73 Å².